The number of aromatic nitrogens is 5. The number of aromatic amines is 1. The number of pyridine rings is 1. The van der Waals surface area contributed by atoms with Crippen molar-refractivity contribution in [2.75, 3.05) is 6.54 Å². The van der Waals surface area contributed by atoms with E-state index in [1.165, 1.54) is 0 Å². The average molecular weight is 364 g/mol. The average Bonchev–Trinajstić information content (AvgIpc) is 3.20. The van der Waals surface area contributed by atoms with Crippen molar-refractivity contribution >= 4 is 5.91 Å². The molecule has 0 saturated heterocycles. The Morgan fingerprint density at radius 3 is 2.93 bits per heavy atom. The van der Waals surface area contributed by atoms with E-state index >= 15 is 0 Å². The van der Waals surface area contributed by atoms with Crippen LogP contribution in [0.2, 0.25) is 0 Å². The van der Waals surface area contributed by atoms with E-state index in [0.29, 0.717) is 48.8 Å². The Labute approximate surface area is 155 Å². The van der Waals surface area contributed by atoms with Gasteiger partial charge in [-0.3, -0.25) is 19.3 Å². The topological polar surface area (TPSA) is 96.8 Å². The Kier molecular flexibility index (Phi) is 4.53. The van der Waals surface area contributed by atoms with Gasteiger partial charge in [0.25, 0.3) is 5.56 Å². The molecule has 0 spiro atoms. The molecule has 3 aromatic rings. The lowest BCUT2D eigenvalue weighted by Crippen LogP contribution is -2.42. The van der Waals surface area contributed by atoms with Crippen LogP contribution in [0.15, 0.2) is 47.7 Å². The molecular formula is C19H20N6O2. The predicted octanol–water partition coefficient (Wildman–Crippen LogP) is 1.25. The Morgan fingerprint density at radius 1 is 1.30 bits per heavy atom. The van der Waals surface area contributed by atoms with Crippen molar-refractivity contribution in [2.45, 2.75) is 26.4 Å². The Morgan fingerprint density at radius 2 is 2.19 bits per heavy atom. The summed E-state index contributed by atoms with van der Waals surface area (Å²) in [5.74, 6) is 0.263. The third kappa shape index (κ3) is 3.51. The fraction of sp³-hybridized carbons (Fsp3) is 0.316. The van der Waals surface area contributed by atoms with Crippen molar-refractivity contribution < 1.29 is 4.79 Å². The molecule has 8 heteroatoms. The Bertz CT molecular complexity index is 997. The molecule has 0 bridgehead atoms. The second-order valence-electron chi connectivity index (χ2n) is 6.69. The summed E-state index contributed by atoms with van der Waals surface area (Å²) in [6, 6.07) is 7.28. The van der Waals surface area contributed by atoms with Crippen molar-refractivity contribution in [3.63, 3.8) is 0 Å². The van der Waals surface area contributed by atoms with Gasteiger partial charge in [-0.15, -0.1) is 0 Å². The van der Waals surface area contributed by atoms with Gasteiger partial charge in [0.05, 0.1) is 24.7 Å². The summed E-state index contributed by atoms with van der Waals surface area (Å²) in [6.07, 6.45) is 5.70. The van der Waals surface area contributed by atoms with Gasteiger partial charge in [0, 0.05) is 30.7 Å². The van der Waals surface area contributed by atoms with Gasteiger partial charge >= 0.3 is 0 Å². The molecule has 4 rings (SSSR count). The minimum Gasteiger partial charge on any atom is -0.336 e. The Balaban J connectivity index is 1.56. The Hall–Kier alpha value is -3.29. The third-order valence-electron chi connectivity index (χ3n) is 4.73. The zero-order valence-electron chi connectivity index (χ0n) is 15.0. The molecule has 1 amide bonds. The van der Waals surface area contributed by atoms with E-state index in [1.54, 1.807) is 34.1 Å². The first-order chi connectivity index (χ1) is 13.1. The molecule has 0 saturated carbocycles. The van der Waals surface area contributed by atoms with E-state index in [1.807, 2.05) is 25.3 Å². The summed E-state index contributed by atoms with van der Waals surface area (Å²) in [6.45, 7) is 3.27. The first-order valence-corrected chi connectivity index (χ1v) is 8.91. The molecule has 3 aromatic heterocycles. The molecule has 1 N–H and O–H groups in total. The number of fused-ring (bicyclic) bond motifs is 1. The first kappa shape index (κ1) is 17.1. The standard InChI is InChI=1S/C19H20N6O2/c1-13(11-25-9-4-8-21-25)19(27)24-10-6-14-16(12-24)22-17(23-18(14)26)15-5-2-3-7-20-15/h2-5,7-9,13H,6,10-12H2,1H3,(H,22,23,26). The van der Waals surface area contributed by atoms with Gasteiger partial charge in [0.2, 0.25) is 5.91 Å². The number of nitrogens with zero attached hydrogens (tertiary/aromatic N) is 5. The van der Waals surface area contributed by atoms with E-state index in [0.717, 1.165) is 0 Å². The van der Waals surface area contributed by atoms with Crippen molar-refractivity contribution in [1.82, 2.24) is 29.6 Å². The fourth-order valence-electron chi connectivity index (χ4n) is 3.33. The van der Waals surface area contributed by atoms with Crippen LogP contribution in [0.4, 0.5) is 0 Å². The summed E-state index contributed by atoms with van der Waals surface area (Å²) >= 11 is 0. The third-order valence-corrected chi connectivity index (χ3v) is 4.73. The molecule has 0 aromatic carbocycles. The maximum Gasteiger partial charge on any atom is 0.254 e. The minimum absolute atomic E-state index is 0.0395. The van der Waals surface area contributed by atoms with Crippen LogP contribution in [0.5, 0.6) is 0 Å². The number of carbonyl (C=O) groups excluding carboxylic acids is 1. The summed E-state index contributed by atoms with van der Waals surface area (Å²) in [5, 5.41) is 4.16. The molecule has 1 unspecified atom stereocenters. The van der Waals surface area contributed by atoms with Crippen LogP contribution < -0.4 is 5.56 Å². The number of H-pyrrole nitrogens is 1. The lowest BCUT2D eigenvalue weighted by Gasteiger charge is -2.30. The molecule has 8 nitrogen and oxygen atoms in total. The number of hydrogen-bond donors (Lipinski definition) is 1. The molecule has 1 aliphatic rings. The lowest BCUT2D eigenvalue weighted by molar-refractivity contribution is -0.136. The van der Waals surface area contributed by atoms with Crippen LogP contribution in [0.25, 0.3) is 11.5 Å². The molecule has 1 aliphatic heterocycles. The lowest BCUT2D eigenvalue weighted by atomic mass is 10.0. The minimum atomic E-state index is -0.205. The molecule has 1 atom stereocenters. The van der Waals surface area contributed by atoms with Crippen molar-refractivity contribution in [2.24, 2.45) is 5.92 Å². The molecule has 0 fully saturated rings. The van der Waals surface area contributed by atoms with Crippen LogP contribution in [0, 0.1) is 5.92 Å². The van der Waals surface area contributed by atoms with Crippen LogP contribution in [-0.4, -0.2) is 42.1 Å². The van der Waals surface area contributed by atoms with Crippen molar-refractivity contribution in [3.8, 4) is 11.5 Å². The highest BCUT2D eigenvalue weighted by atomic mass is 16.2. The number of hydrogen-bond acceptors (Lipinski definition) is 5. The van der Waals surface area contributed by atoms with Crippen molar-refractivity contribution in [1.29, 1.82) is 0 Å². The zero-order valence-corrected chi connectivity index (χ0v) is 15.0. The van der Waals surface area contributed by atoms with Crippen molar-refractivity contribution in [3.05, 3.63) is 64.5 Å². The van der Waals surface area contributed by atoms with E-state index in [4.69, 9.17) is 0 Å². The quantitative estimate of drug-likeness (QED) is 0.751. The molecule has 4 heterocycles. The van der Waals surface area contributed by atoms with E-state index in [2.05, 4.69) is 20.1 Å². The van der Waals surface area contributed by atoms with Gasteiger partial charge in [0.1, 0.15) is 5.69 Å². The maximum atomic E-state index is 12.8. The highest BCUT2D eigenvalue weighted by molar-refractivity contribution is 5.78. The van der Waals surface area contributed by atoms with Gasteiger partial charge in [-0.25, -0.2) is 4.98 Å². The second kappa shape index (κ2) is 7.14. The number of amides is 1. The predicted molar refractivity (Wildman–Crippen MR) is 98.6 cm³/mol. The molecule has 27 heavy (non-hydrogen) atoms. The summed E-state index contributed by atoms with van der Waals surface area (Å²) in [5.41, 5.74) is 1.74. The molecule has 0 aliphatic carbocycles. The van der Waals surface area contributed by atoms with E-state index in [-0.39, 0.29) is 17.4 Å². The highest BCUT2D eigenvalue weighted by Gasteiger charge is 2.27. The van der Waals surface area contributed by atoms with Crippen LogP contribution >= 0.6 is 0 Å². The monoisotopic (exact) mass is 364 g/mol. The van der Waals surface area contributed by atoms with E-state index in [9.17, 15) is 9.59 Å². The first-order valence-electron chi connectivity index (χ1n) is 8.91. The maximum absolute atomic E-state index is 12.8. The smallest absolute Gasteiger partial charge is 0.254 e. The fourth-order valence-corrected chi connectivity index (χ4v) is 3.33. The SMILES string of the molecule is CC(Cn1cccn1)C(=O)N1CCc2c(nc(-c3ccccn3)[nH]c2=O)C1. The molecule has 138 valence electrons. The van der Waals surface area contributed by atoms with Gasteiger partial charge in [0.15, 0.2) is 5.82 Å². The largest absolute Gasteiger partial charge is 0.336 e. The number of rotatable bonds is 4. The van der Waals surface area contributed by atoms with Gasteiger partial charge in [-0.2, -0.15) is 5.10 Å². The normalized spacial score (nSPS) is 14.6. The van der Waals surface area contributed by atoms with Gasteiger partial charge < -0.3 is 9.88 Å². The number of carbonyl (C=O) groups is 1. The molecule has 0 radical (unpaired) electrons. The number of nitrogens with one attached hydrogen (secondary N) is 1. The summed E-state index contributed by atoms with van der Waals surface area (Å²) in [4.78, 5) is 38.7. The van der Waals surface area contributed by atoms with Crippen LogP contribution in [0.1, 0.15) is 18.2 Å². The second-order valence-corrected chi connectivity index (χ2v) is 6.69. The van der Waals surface area contributed by atoms with Gasteiger partial charge in [-0.05, 0) is 24.6 Å². The van der Waals surface area contributed by atoms with Gasteiger partial charge in [-0.1, -0.05) is 13.0 Å². The van der Waals surface area contributed by atoms with Crippen LogP contribution in [-0.2, 0) is 24.3 Å². The molecular weight excluding hydrogens is 344 g/mol. The summed E-state index contributed by atoms with van der Waals surface area (Å²) < 4.78 is 1.75. The van der Waals surface area contributed by atoms with Crippen LogP contribution in [0.3, 0.4) is 0 Å². The van der Waals surface area contributed by atoms with E-state index < -0.39 is 0 Å². The highest BCUT2D eigenvalue weighted by Crippen LogP contribution is 2.19. The summed E-state index contributed by atoms with van der Waals surface area (Å²) in [7, 11) is 0. The zero-order chi connectivity index (χ0) is 18.8.